The zero-order valence-electron chi connectivity index (χ0n) is 10.8. The van der Waals surface area contributed by atoms with Crippen molar-refractivity contribution in [3.63, 3.8) is 0 Å². The zero-order valence-corrected chi connectivity index (χ0v) is 12.4. The average Bonchev–Trinajstić information content (AvgIpc) is 2.27. The van der Waals surface area contributed by atoms with Crippen LogP contribution in [0, 0.1) is 6.92 Å². The number of aryl methyl sites for hydroxylation is 1. The second kappa shape index (κ2) is 4.81. The van der Waals surface area contributed by atoms with E-state index in [1.165, 1.54) is 19.9 Å². The molecule has 100 valence electrons. The van der Waals surface area contributed by atoms with Gasteiger partial charge in [-0.05, 0) is 30.2 Å². The highest BCUT2D eigenvalue weighted by atomic mass is 79.9. The molecule has 0 atom stereocenters. The Morgan fingerprint density at radius 3 is 2.26 bits per heavy atom. The van der Waals surface area contributed by atoms with E-state index in [9.17, 15) is 9.59 Å². The van der Waals surface area contributed by atoms with Gasteiger partial charge in [0.2, 0.25) is 0 Å². The minimum atomic E-state index is -1.21. The van der Waals surface area contributed by atoms with Crippen molar-refractivity contribution in [2.45, 2.75) is 26.6 Å². The van der Waals surface area contributed by atoms with Gasteiger partial charge in [-0.15, -0.1) is 0 Å². The lowest BCUT2D eigenvalue weighted by Gasteiger charge is -2.29. The Balaban J connectivity index is 2.35. The third kappa shape index (κ3) is 3.04. The minimum Gasteiger partial charge on any atom is -0.419 e. The van der Waals surface area contributed by atoms with Crippen molar-refractivity contribution in [2.24, 2.45) is 0 Å². The van der Waals surface area contributed by atoms with Crippen LogP contribution in [-0.2, 0) is 19.1 Å². The lowest BCUT2D eigenvalue weighted by molar-refractivity contribution is -0.222. The van der Waals surface area contributed by atoms with Gasteiger partial charge in [-0.1, -0.05) is 28.1 Å². The van der Waals surface area contributed by atoms with E-state index in [1.54, 1.807) is 6.07 Å². The van der Waals surface area contributed by atoms with Crippen molar-refractivity contribution in [3.05, 3.63) is 39.4 Å². The van der Waals surface area contributed by atoms with Gasteiger partial charge in [0.1, 0.15) is 5.57 Å². The Morgan fingerprint density at radius 2 is 1.74 bits per heavy atom. The van der Waals surface area contributed by atoms with Crippen LogP contribution in [0.3, 0.4) is 0 Å². The first-order valence-electron chi connectivity index (χ1n) is 5.73. The van der Waals surface area contributed by atoms with Crippen LogP contribution in [0.4, 0.5) is 0 Å². The first-order chi connectivity index (χ1) is 8.78. The van der Waals surface area contributed by atoms with Crippen LogP contribution in [0.1, 0.15) is 25.0 Å². The summed E-state index contributed by atoms with van der Waals surface area (Å²) in [5.41, 5.74) is 1.65. The van der Waals surface area contributed by atoms with Crippen molar-refractivity contribution < 1.29 is 19.1 Å². The summed E-state index contributed by atoms with van der Waals surface area (Å²) in [6.07, 6.45) is 1.47. The summed E-state index contributed by atoms with van der Waals surface area (Å²) < 4.78 is 11.0. The number of cyclic esters (lactones) is 2. The molecular formula is C14H13BrO4. The van der Waals surface area contributed by atoms with E-state index in [2.05, 4.69) is 15.9 Å². The molecule has 5 heteroatoms. The number of carbonyl (C=O) groups is 2. The molecular weight excluding hydrogens is 312 g/mol. The first-order valence-corrected chi connectivity index (χ1v) is 6.52. The van der Waals surface area contributed by atoms with Crippen LogP contribution in [0.15, 0.2) is 28.2 Å². The fourth-order valence-electron chi connectivity index (χ4n) is 1.70. The molecule has 0 bridgehead atoms. The van der Waals surface area contributed by atoms with Crippen LogP contribution in [-0.4, -0.2) is 17.7 Å². The van der Waals surface area contributed by atoms with Gasteiger partial charge in [0.25, 0.3) is 5.79 Å². The molecule has 0 amide bonds. The number of benzene rings is 1. The van der Waals surface area contributed by atoms with Crippen molar-refractivity contribution in [1.29, 1.82) is 0 Å². The fourth-order valence-corrected chi connectivity index (χ4v) is 1.95. The first kappa shape index (κ1) is 13.8. The summed E-state index contributed by atoms with van der Waals surface area (Å²) in [7, 11) is 0. The summed E-state index contributed by atoms with van der Waals surface area (Å²) in [6, 6.07) is 5.51. The van der Waals surface area contributed by atoms with E-state index >= 15 is 0 Å². The second-order valence-electron chi connectivity index (χ2n) is 4.75. The molecule has 19 heavy (non-hydrogen) atoms. The molecule has 0 radical (unpaired) electrons. The van der Waals surface area contributed by atoms with E-state index in [0.717, 1.165) is 15.6 Å². The Labute approximate surface area is 119 Å². The molecule has 1 aromatic carbocycles. The molecule has 0 unspecified atom stereocenters. The monoisotopic (exact) mass is 324 g/mol. The number of halogens is 1. The summed E-state index contributed by atoms with van der Waals surface area (Å²) >= 11 is 3.39. The van der Waals surface area contributed by atoms with Gasteiger partial charge >= 0.3 is 11.9 Å². The van der Waals surface area contributed by atoms with Crippen LogP contribution < -0.4 is 0 Å². The predicted molar refractivity (Wildman–Crippen MR) is 73.1 cm³/mol. The molecule has 4 nitrogen and oxygen atoms in total. The van der Waals surface area contributed by atoms with Gasteiger partial charge < -0.3 is 9.47 Å². The third-order valence-corrected chi connectivity index (χ3v) is 3.50. The molecule has 0 saturated carbocycles. The van der Waals surface area contributed by atoms with Crippen LogP contribution in [0.5, 0.6) is 0 Å². The van der Waals surface area contributed by atoms with E-state index in [1.807, 2.05) is 19.1 Å². The standard InChI is InChI=1S/C14H13BrO4/c1-8-6-9(4-5-11(8)15)7-10-12(16)18-14(2,3)19-13(10)17/h4-7H,1-3H3. The van der Waals surface area contributed by atoms with Crippen LogP contribution >= 0.6 is 15.9 Å². The van der Waals surface area contributed by atoms with E-state index < -0.39 is 17.7 Å². The minimum absolute atomic E-state index is 0.0963. The molecule has 0 aliphatic carbocycles. The molecule has 2 rings (SSSR count). The van der Waals surface area contributed by atoms with Gasteiger partial charge in [-0.2, -0.15) is 0 Å². The van der Waals surface area contributed by atoms with Crippen LogP contribution in [0.2, 0.25) is 0 Å². The highest BCUT2D eigenvalue weighted by molar-refractivity contribution is 9.10. The van der Waals surface area contributed by atoms with Gasteiger partial charge in [0, 0.05) is 18.3 Å². The quantitative estimate of drug-likeness (QED) is 0.452. The maximum Gasteiger partial charge on any atom is 0.348 e. The molecule has 0 aromatic heterocycles. The zero-order chi connectivity index (χ0) is 14.2. The molecule has 1 aliphatic heterocycles. The van der Waals surface area contributed by atoms with Crippen molar-refractivity contribution in [1.82, 2.24) is 0 Å². The van der Waals surface area contributed by atoms with Gasteiger partial charge in [-0.25, -0.2) is 9.59 Å². The molecule has 0 spiro atoms. The molecule has 1 heterocycles. The maximum absolute atomic E-state index is 11.8. The average molecular weight is 325 g/mol. The Hall–Kier alpha value is -1.62. The molecule has 1 saturated heterocycles. The molecule has 1 fully saturated rings. The fraction of sp³-hybridized carbons (Fsp3) is 0.286. The van der Waals surface area contributed by atoms with Crippen molar-refractivity contribution in [2.75, 3.05) is 0 Å². The summed E-state index contributed by atoms with van der Waals surface area (Å²) in [5, 5.41) is 0. The largest absolute Gasteiger partial charge is 0.419 e. The number of hydrogen-bond acceptors (Lipinski definition) is 4. The van der Waals surface area contributed by atoms with Crippen LogP contribution in [0.25, 0.3) is 6.08 Å². The number of hydrogen-bond donors (Lipinski definition) is 0. The number of carbonyl (C=O) groups excluding carboxylic acids is 2. The van der Waals surface area contributed by atoms with E-state index in [-0.39, 0.29) is 5.57 Å². The van der Waals surface area contributed by atoms with Gasteiger partial charge in [0.05, 0.1) is 0 Å². The Kier molecular flexibility index (Phi) is 3.49. The smallest absolute Gasteiger partial charge is 0.348 e. The lowest BCUT2D eigenvalue weighted by Crippen LogP contribution is -2.41. The topological polar surface area (TPSA) is 52.6 Å². The molecule has 1 aromatic rings. The van der Waals surface area contributed by atoms with E-state index in [0.29, 0.717) is 0 Å². The summed E-state index contributed by atoms with van der Waals surface area (Å²) in [6.45, 7) is 4.96. The highest BCUT2D eigenvalue weighted by Crippen LogP contribution is 2.25. The number of ether oxygens (including phenoxy) is 2. The maximum atomic E-state index is 11.8. The summed E-state index contributed by atoms with van der Waals surface area (Å²) in [4.78, 5) is 23.6. The molecule has 1 aliphatic rings. The Bertz CT molecular complexity index is 565. The lowest BCUT2D eigenvalue weighted by atomic mass is 10.1. The third-order valence-electron chi connectivity index (χ3n) is 2.61. The van der Waals surface area contributed by atoms with Gasteiger partial charge in [-0.3, -0.25) is 0 Å². The van der Waals surface area contributed by atoms with Crippen molar-refractivity contribution in [3.8, 4) is 0 Å². The van der Waals surface area contributed by atoms with E-state index in [4.69, 9.17) is 9.47 Å². The summed E-state index contributed by atoms with van der Waals surface area (Å²) in [5.74, 6) is -2.54. The second-order valence-corrected chi connectivity index (χ2v) is 5.60. The number of esters is 2. The SMILES string of the molecule is Cc1cc(C=C2C(=O)OC(C)(C)OC2=O)ccc1Br. The molecule has 0 N–H and O–H groups in total. The predicted octanol–water partition coefficient (Wildman–Crippen LogP) is 2.98. The highest BCUT2D eigenvalue weighted by Gasteiger charge is 2.38. The number of rotatable bonds is 1. The van der Waals surface area contributed by atoms with Gasteiger partial charge in [0.15, 0.2) is 0 Å². The normalized spacial score (nSPS) is 17.8. The Morgan fingerprint density at radius 1 is 1.16 bits per heavy atom. The van der Waals surface area contributed by atoms with Crippen molar-refractivity contribution >= 4 is 33.9 Å².